The lowest BCUT2D eigenvalue weighted by Crippen LogP contribution is -2.45. The summed E-state index contributed by atoms with van der Waals surface area (Å²) >= 11 is 5.84. The zero-order valence-electron chi connectivity index (χ0n) is 14.0. The van der Waals surface area contributed by atoms with Gasteiger partial charge in [0.25, 0.3) is 0 Å². The average Bonchev–Trinajstić information content (AvgIpc) is 2.55. The molecule has 0 spiro atoms. The summed E-state index contributed by atoms with van der Waals surface area (Å²) in [6, 6.07) is 7.70. The van der Waals surface area contributed by atoms with Crippen molar-refractivity contribution in [1.29, 1.82) is 0 Å². The minimum Gasteiger partial charge on any atom is -0.492 e. The van der Waals surface area contributed by atoms with Gasteiger partial charge in [-0.1, -0.05) is 11.6 Å². The number of aliphatic imine (C=N–C) groups is 1. The van der Waals surface area contributed by atoms with Crippen molar-refractivity contribution in [2.45, 2.75) is 44.8 Å². The molecule has 136 valence electrons. The number of benzene rings is 1. The van der Waals surface area contributed by atoms with Crippen LogP contribution in [0.3, 0.4) is 0 Å². The highest BCUT2D eigenvalue weighted by Crippen LogP contribution is 2.18. The van der Waals surface area contributed by atoms with Crippen LogP contribution in [0.25, 0.3) is 0 Å². The molecule has 2 rings (SSSR count). The van der Waals surface area contributed by atoms with E-state index in [4.69, 9.17) is 16.3 Å². The van der Waals surface area contributed by atoms with E-state index in [1.165, 1.54) is 0 Å². The van der Waals surface area contributed by atoms with Crippen molar-refractivity contribution in [3.63, 3.8) is 0 Å². The van der Waals surface area contributed by atoms with Gasteiger partial charge in [0.1, 0.15) is 12.4 Å². The first kappa shape index (κ1) is 21.3. The molecule has 0 atom stereocenters. The van der Waals surface area contributed by atoms with E-state index in [9.17, 15) is 5.11 Å². The first-order valence-electron chi connectivity index (χ1n) is 8.28. The van der Waals surface area contributed by atoms with Crippen LogP contribution >= 0.6 is 35.6 Å². The van der Waals surface area contributed by atoms with Gasteiger partial charge in [0, 0.05) is 17.6 Å². The molecule has 1 fully saturated rings. The second kappa shape index (κ2) is 11.8. The van der Waals surface area contributed by atoms with Crippen LogP contribution in [0.1, 0.15) is 32.6 Å². The van der Waals surface area contributed by atoms with Gasteiger partial charge < -0.3 is 20.5 Å². The molecule has 7 heteroatoms. The fourth-order valence-corrected chi connectivity index (χ4v) is 2.71. The standard InChI is InChI=1S/C17H26ClN3O2.HI/c1-2-19-17(21-14-5-7-15(22)8-6-14)20-11-12-23-16-9-3-13(18)4-10-16;/h3-4,9-10,14-15,22H,2,5-8,11-12H2,1H3,(H2,19,20,21);1H. The van der Waals surface area contributed by atoms with Crippen LogP contribution < -0.4 is 15.4 Å². The van der Waals surface area contributed by atoms with Crippen LogP contribution in [0.5, 0.6) is 5.75 Å². The van der Waals surface area contributed by atoms with E-state index in [1.54, 1.807) is 0 Å². The minimum absolute atomic E-state index is 0. The smallest absolute Gasteiger partial charge is 0.191 e. The van der Waals surface area contributed by atoms with E-state index in [0.717, 1.165) is 43.9 Å². The third kappa shape index (κ3) is 7.90. The van der Waals surface area contributed by atoms with Crippen molar-refractivity contribution in [3.8, 4) is 5.75 Å². The minimum atomic E-state index is -0.139. The highest BCUT2D eigenvalue weighted by molar-refractivity contribution is 14.0. The molecular formula is C17H27ClIN3O2. The van der Waals surface area contributed by atoms with E-state index in [-0.39, 0.29) is 30.1 Å². The molecule has 0 aliphatic heterocycles. The highest BCUT2D eigenvalue weighted by atomic mass is 127. The molecule has 0 heterocycles. The molecular weight excluding hydrogens is 441 g/mol. The summed E-state index contributed by atoms with van der Waals surface area (Å²) in [5, 5.41) is 17.0. The molecule has 1 aromatic carbocycles. The Kier molecular flexibility index (Phi) is 10.4. The van der Waals surface area contributed by atoms with Crippen molar-refractivity contribution < 1.29 is 9.84 Å². The lowest BCUT2D eigenvalue weighted by molar-refractivity contribution is 0.120. The Bertz CT molecular complexity index is 491. The fourth-order valence-electron chi connectivity index (χ4n) is 2.59. The van der Waals surface area contributed by atoms with Crippen LogP contribution in [0.2, 0.25) is 5.02 Å². The number of guanidine groups is 1. The molecule has 0 unspecified atom stereocenters. The number of nitrogens with one attached hydrogen (secondary N) is 2. The Hall–Kier alpha value is -0.730. The van der Waals surface area contributed by atoms with Gasteiger partial charge in [-0.2, -0.15) is 0 Å². The van der Waals surface area contributed by atoms with Gasteiger partial charge in [-0.15, -0.1) is 24.0 Å². The van der Waals surface area contributed by atoms with Crippen molar-refractivity contribution in [2.75, 3.05) is 19.7 Å². The molecule has 0 amide bonds. The molecule has 1 saturated carbocycles. The van der Waals surface area contributed by atoms with Gasteiger partial charge in [-0.3, -0.25) is 0 Å². The predicted molar refractivity (Wildman–Crippen MR) is 110 cm³/mol. The zero-order valence-corrected chi connectivity index (χ0v) is 17.1. The summed E-state index contributed by atoms with van der Waals surface area (Å²) in [6.07, 6.45) is 3.54. The predicted octanol–water partition coefficient (Wildman–Crippen LogP) is 3.20. The quantitative estimate of drug-likeness (QED) is 0.260. The highest BCUT2D eigenvalue weighted by Gasteiger charge is 2.19. The second-order valence-electron chi connectivity index (χ2n) is 5.71. The van der Waals surface area contributed by atoms with E-state index >= 15 is 0 Å². The molecule has 0 bridgehead atoms. The average molecular weight is 468 g/mol. The van der Waals surface area contributed by atoms with Crippen LogP contribution in [0.15, 0.2) is 29.3 Å². The first-order chi connectivity index (χ1) is 11.2. The van der Waals surface area contributed by atoms with Crippen molar-refractivity contribution in [3.05, 3.63) is 29.3 Å². The SMILES string of the molecule is CCNC(=NCCOc1ccc(Cl)cc1)NC1CCC(O)CC1.I. The largest absolute Gasteiger partial charge is 0.492 e. The fraction of sp³-hybridized carbons (Fsp3) is 0.588. The van der Waals surface area contributed by atoms with Crippen molar-refractivity contribution in [1.82, 2.24) is 10.6 Å². The molecule has 0 aromatic heterocycles. The van der Waals surface area contributed by atoms with E-state index in [2.05, 4.69) is 15.6 Å². The number of aliphatic hydroxyl groups excluding tert-OH is 1. The van der Waals surface area contributed by atoms with Gasteiger partial charge in [0.15, 0.2) is 5.96 Å². The molecule has 3 N–H and O–H groups in total. The summed E-state index contributed by atoms with van der Waals surface area (Å²) in [6.45, 7) is 3.96. The summed E-state index contributed by atoms with van der Waals surface area (Å²) in [7, 11) is 0. The lowest BCUT2D eigenvalue weighted by atomic mass is 9.93. The third-order valence-corrected chi connectivity index (χ3v) is 4.08. The van der Waals surface area contributed by atoms with Crippen LogP contribution in [0, 0.1) is 0 Å². The number of hydrogen-bond acceptors (Lipinski definition) is 3. The zero-order chi connectivity index (χ0) is 16.5. The van der Waals surface area contributed by atoms with Crippen molar-refractivity contribution in [2.24, 2.45) is 4.99 Å². The summed E-state index contributed by atoms with van der Waals surface area (Å²) in [5.74, 6) is 1.61. The third-order valence-electron chi connectivity index (χ3n) is 3.83. The number of aliphatic hydroxyl groups is 1. The van der Waals surface area contributed by atoms with Gasteiger partial charge in [-0.25, -0.2) is 4.99 Å². The Morgan fingerprint density at radius 3 is 2.54 bits per heavy atom. The Morgan fingerprint density at radius 1 is 1.25 bits per heavy atom. The monoisotopic (exact) mass is 467 g/mol. The number of nitrogens with zero attached hydrogens (tertiary/aromatic N) is 1. The number of hydrogen-bond donors (Lipinski definition) is 3. The van der Waals surface area contributed by atoms with Gasteiger partial charge in [0.2, 0.25) is 0 Å². The molecule has 1 aromatic rings. The number of rotatable bonds is 6. The molecule has 1 aliphatic carbocycles. The van der Waals surface area contributed by atoms with Gasteiger partial charge in [-0.05, 0) is 56.9 Å². The maximum Gasteiger partial charge on any atom is 0.191 e. The number of ether oxygens (including phenoxy) is 1. The molecule has 24 heavy (non-hydrogen) atoms. The summed E-state index contributed by atoms with van der Waals surface area (Å²) < 4.78 is 5.64. The van der Waals surface area contributed by atoms with Crippen molar-refractivity contribution >= 4 is 41.5 Å². The molecule has 1 aliphatic rings. The number of halogens is 2. The topological polar surface area (TPSA) is 65.9 Å². The van der Waals surface area contributed by atoms with Crippen LogP contribution in [-0.2, 0) is 0 Å². The van der Waals surface area contributed by atoms with Crippen LogP contribution in [0.4, 0.5) is 0 Å². The normalized spacial score (nSPS) is 20.9. The molecule has 0 radical (unpaired) electrons. The second-order valence-corrected chi connectivity index (χ2v) is 6.15. The van der Waals surface area contributed by atoms with Crippen LogP contribution in [-0.4, -0.2) is 42.9 Å². The van der Waals surface area contributed by atoms with E-state index in [0.29, 0.717) is 24.2 Å². The Morgan fingerprint density at radius 2 is 1.92 bits per heavy atom. The summed E-state index contributed by atoms with van der Waals surface area (Å²) in [5.41, 5.74) is 0. The molecule has 0 saturated heterocycles. The Balaban J connectivity index is 0.00000288. The summed E-state index contributed by atoms with van der Waals surface area (Å²) in [4.78, 5) is 4.54. The maximum atomic E-state index is 9.56. The van der Waals surface area contributed by atoms with Gasteiger partial charge >= 0.3 is 0 Å². The van der Waals surface area contributed by atoms with Gasteiger partial charge in [0.05, 0.1) is 12.6 Å². The molecule has 5 nitrogen and oxygen atoms in total. The maximum absolute atomic E-state index is 9.56. The van der Waals surface area contributed by atoms with E-state index < -0.39 is 0 Å². The Labute approximate surface area is 166 Å². The van der Waals surface area contributed by atoms with E-state index in [1.807, 2.05) is 31.2 Å². The first-order valence-corrected chi connectivity index (χ1v) is 8.66. The lowest BCUT2D eigenvalue weighted by Gasteiger charge is -2.27.